The molecule has 0 radical (unpaired) electrons. The zero-order valence-corrected chi connectivity index (χ0v) is 13.8. The molecule has 0 amide bonds. The van der Waals surface area contributed by atoms with Crippen LogP contribution in [0.5, 0.6) is 0 Å². The summed E-state index contributed by atoms with van der Waals surface area (Å²) in [6.07, 6.45) is 5.00. The third-order valence-corrected chi connectivity index (χ3v) is 5.61. The lowest BCUT2D eigenvalue weighted by Crippen LogP contribution is -2.26. The van der Waals surface area contributed by atoms with Crippen molar-refractivity contribution < 1.29 is 8.42 Å². The van der Waals surface area contributed by atoms with Crippen LogP contribution >= 0.6 is 0 Å². The summed E-state index contributed by atoms with van der Waals surface area (Å²) >= 11 is 0. The Hall–Kier alpha value is -2.31. The van der Waals surface area contributed by atoms with E-state index in [0.29, 0.717) is 10.9 Å². The van der Waals surface area contributed by atoms with Crippen molar-refractivity contribution in [1.82, 2.24) is 14.3 Å². The maximum atomic E-state index is 12.9. The molecule has 3 rings (SSSR count). The maximum absolute atomic E-state index is 12.9. The molecule has 3 aromatic rings. The minimum Gasteiger partial charge on any atom is -0.264 e. The van der Waals surface area contributed by atoms with Gasteiger partial charge in [-0.05, 0) is 42.3 Å². The molecule has 0 aliphatic carbocycles. The van der Waals surface area contributed by atoms with E-state index in [9.17, 15) is 8.42 Å². The van der Waals surface area contributed by atoms with Gasteiger partial charge in [0, 0.05) is 37.6 Å². The van der Waals surface area contributed by atoms with Gasteiger partial charge < -0.3 is 0 Å². The van der Waals surface area contributed by atoms with E-state index in [-0.39, 0.29) is 11.4 Å². The van der Waals surface area contributed by atoms with Crippen molar-refractivity contribution in [2.45, 2.75) is 18.4 Å². The fraction of sp³-hybridized carbons (Fsp3) is 0.176. The second-order valence-electron chi connectivity index (χ2n) is 5.40. The number of aromatic nitrogens is 2. The van der Waals surface area contributed by atoms with Gasteiger partial charge in [0.2, 0.25) is 10.0 Å². The van der Waals surface area contributed by atoms with E-state index in [2.05, 4.69) is 9.97 Å². The lowest BCUT2D eigenvalue weighted by molar-refractivity contribution is 0.467. The van der Waals surface area contributed by atoms with Crippen molar-refractivity contribution in [2.75, 3.05) is 7.05 Å². The Kier molecular flexibility index (Phi) is 4.11. The van der Waals surface area contributed by atoms with Crippen LogP contribution in [0.4, 0.5) is 0 Å². The molecular weight excluding hydrogens is 310 g/mol. The number of sulfonamides is 1. The number of pyridine rings is 2. The van der Waals surface area contributed by atoms with Crippen LogP contribution in [-0.4, -0.2) is 29.7 Å². The van der Waals surface area contributed by atoms with Gasteiger partial charge >= 0.3 is 0 Å². The van der Waals surface area contributed by atoms with E-state index in [0.717, 1.165) is 11.1 Å². The Morgan fingerprint density at radius 3 is 2.61 bits per heavy atom. The number of benzene rings is 1. The summed E-state index contributed by atoms with van der Waals surface area (Å²) in [4.78, 5) is 8.60. The van der Waals surface area contributed by atoms with Crippen molar-refractivity contribution >= 4 is 20.9 Å². The minimum atomic E-state index is -3.61. The molecule has 23 heavy (non-hydrogen) atoms. The molecule has 118 valence electrons. The van der Waals surface area contributed by atoms with Crippen LogP contribution in [0.15, 0.2) is 59.9 Å². The molecule has 0 aliphatic rings. The molecule has 2 heterocycles. The summed E-state index contributed by atoms with van der Waals surface area (Å²) in [7, 11) is -2.04. The Balaban J connectivity index is 2.05. The van der Waals surface area contributed by atoms with Crippen LogP contribution in [-0.2, 0) is 16.6 Å². The average Bonchev–Trinajstić information content (AvgIpc) is 2.56. The van der Waals surface area contributed by atoms with Gasteiger partial charge in [0.05, 0.1) is 10.4 Å². The highest BCUT2D eigenvalue weighted by atomic mass is 32.2. The summed E-state index contributed by atoms with van der Waals surface area (Å²) < 4.78 is 27.2. The topological polar surface area (TPSA) is 63.2 Å². The van der Waals surface area contributed by atoms with E-state index in [4.69, 9.17) is 0 Å². The molecule has 0 saturated carbocycles. The SMILES string of the molecule is Cc1ccc(S(=O)(=O)N(C)Cc2cccnc2)c2cccnc12. The van der Waals surface area contributed by atoms with Gasteiger partial charge in [0.1, 0.15) is 0 Å². The van der Waals surface area contributed by atoms with Gasteiger partial charge in [-0.3, -0.25) is 9.97 Å². The number of aryl methyl sites for hydroxylation is 1. The van der Waals surface area contributed by atoms with Gasteiger partial charge in [-0.2, -0.15) is 4.31 Å². The second-order valence-corrected chi connectivity index (χ2v) is 7.42. The van der Waals surface area contributed by atoms with Crippen molar-refractivity contribution in [3.63, 3.8) is 0 Å². The Bertz CT molecular complexity index is 940. The summed E-state index contributed by atoms with van der Waals surface area (Å²) in [6, 6.07) is 10.6. The Morgan fingerprint density at radius 2 is 1.87 bits per heavy atom. The predicted octanol–water partition coefficient (Wildman–Crippen LogP) is 2.76. The van der Waals surface area contributed by atoms with E-state index >= 15 is 0 Å². The third kappa shape index (κ3) is 2.95. The number of hydrogen-bond acceptors (Lipinski definition) is 4. The summed E-state index contributed by atoms with van der Waals surface area (Å²) in [5.41, 5.74) is 2.51. The predicted molar refractivity (Wildman–Crippen MR) is 89.4 cm³/mol. The van der Waals surface area contributed by atoms with Crippen molar-refractivity contribution in [1.29, 1.82) is 0 Å². The van der Waals surface area contributed by atoms with Crippen LogP contribution in [0.25, 0.3) is 10.9 Å². The average molecular weight is 327 g/mol. The highest BCUT2D eigenvalue weighted by molar-refractivity contribution is 7.89. The molecule has 0 spiro atoms. The van der Waals surface area contributed by atoms with Gasteiger partial charge in [-0.25, -0.2) is 8.42 Å². The molecule has 0 atom stereocenters. The normalized spacial score (nSPS) is 12.0. The van der Waals surface area contributed by atoms with Gasteiger partial charge in [0.15, 0.2) is 0 Å². The Morgan fingerprint density at radius 1 is 1.09 bits per heavy atom. The number of nitrogens with zero attached hydrogens (tertiary/aromatic N) is 3. The lowest BCUT2D eigenvalue weighted by atomic mass is 10.1. The van der Waals surface area contributed by atoms with Crippen LogP contribution < -0.4 is 0 Å². The molecule has 2 aromatic heterocycles. The zero-order valence-electron chi connectivity index (χ0n) is 13.0. The Labute approximate surface area is 135 Å². The van der Waals surface area contributed by atoms with Crippen LogP contribution in [0, 0.1) is 6.92 Å². The minimum absolute atomic E-state index is 0.270. The van der Waals surface area contributed by atoms with Crippen molar-refractivity contribution in [3.8, 4) is 0 Å². The monoisotopic (exact) mass is 327 g/mol. The first-order valence-corrected chi connectivity index (χ1v) is 8.64. The zero-order chi connectivity index (χ0) is 16.4. The molecule has 0 saturated heterocycles. The number of hydrogen-bond donors (Lipinski definition) is 0. The van der Waals surface area contributed by atoms with Gasteiger partial charge in [-0.1, -0.05) is 12.1 Å². The number of rotatable bonds is 4. The molecule has 1 aromatic carbocycles. The molecule has 6 heteroatoms. The summed E-state index contributed by atoms with van der Waals surface area (Å²) in [5, 5.41) is 0.644. The first-order chi connectivity index (χ1) is 11.0. The van der Waals surface area contributed by atoms with E-state index in [1.807, 2.05) is 13.0 Å². The van der Waals surface area contributed by atoms with E-state index < -0.39 is 10.0 Å². The smallest absolute Gasteiger partial charge is 0.243 e. The fourth-order valence-electron chi connectivity index (χ4n) is 2.51. The van der Waals surface area contributed by atoms with Gasteiger partial charge in [0.25, 0.3) is 0 Å². The fourth-order valence-corrected chi connectivity index (χ4v) is 3.85. The standard InChI is InChI=1S/C17H17N3O2S/c1-13-7-8-16(15-6-4-10-19-17(13)15)23(21,22)20(2)12-14-5-3-9-18-11-14/h3-11H,12H2,1-2H3. The largest absolute Gasteiger partial charge is 0.264 e. The summed E-state index contributed by atoms with van der Waals surface area (Å²) in [6.45, 7) is 2.19. The molecule has 0 bridgehead atoms. The molecule has 0 fully saturated rings. The van der Waals surface area contributed by atoms with Crippen LogP contribution in [0.2, 0.25) is 0 Å². The lowest BCUT2D eigenvalue weighted by Gasteiger charge is -2.18. The molecule has 0 unspecified atom stereocenters. The third-order valence-electron chi connectivity index (χ3n) is 3.75. The molecular formula is C17H17N3O2S. The first kappa shape index (κ1) is 15.6. The van der Waals surface area contributed by atoms with Gasteiger partial charge in [-0.15, -0.1) is 0 Å². The molecule has 5 nitrogen and oxygen atoms in total. The molecule has 0 N–H and O–H groups in total. The second kappa shape index (κ2) is 6.06. The van der Waals surface area contributed by atoms with E-state index in [1.165, 1.54) is 4.31 Å². The van der Waals surface area contributed by atoms with Crippen LogP contribution in [0.1, 0.15) is 11.1 Å². The molecule has 0 aliphatic heterocycles. The number of fused-ring (bicyclic) bond motifs is 1. The highest BCUT2D eigenvalue weighted by Crippen LogP contribution is 2.26. The van der Waals surface area contributed by atoms with Crippen molar-refractivity contribution in [2.24, 2.45) is 0 Å². The van der Waals surface area contributed by atoms with E-state index in [1.54, 1.807) is 56.0 Å². The quantitative estimate of drug-likeness (QED) is 0.739. The highest BCUT2D eigenvalue weighted by Gasteiger charge is 2.23. The van der Waals surface area contributed by atoms with Crippen molar-refractivity contribution in [3.05, 3.63) is 66.1 Å². The first-order valence-electron chi connectivity index (χ1n) is 7.20. The maximum Gasteiger partial charge on any atom is 0.243 e. The van der Waals surface area contributed by atoms with Crippen LogP contribution in [0.3, 0.4) is 0 Å². The summed E-state index contributed by atoms with van der Waals surface area (Å²) in [5.74, 6) is 0.